The topological polar surface area (TPSA) is 78.9 Å². The van der Waals surface area contributed by atoms with E-state index in [1.807, 2.05) is 60.8 Å². The summed E-state index contributed by atoms with van der Waals surface area (Å²) in [6.07, 6.45) is 81.8. The number of carbonyl (C=O) groups is 3. The summed E-state index contributed by atoms with van der Waals surface area (Å²) >= 11 is 0. The molecule has 0 aromatic heterocycles. The number of esters is 3. The van der Waals surface area contributed by atoms with Crippen LogP contribution in [0.5, 0.6) is 0 Å². The van der Waals surface area contributed by atoms with Crippen LogP contribution in [-0.4, -0.2) is 37.2 Å². The highest BCUT2D eigenvalue weighted by Gasteiger charge is 2.19. The Labute approximate surface area is 443 Å². The zero-order chi connectivity index (χ0) is 52.2. The first-order valence-electron chi connectivity index (χ1n) is 29.7. The van der Waals surface area contributed by atoms with Gasteiger partial charge in [-0.2, -0.15) is 0 Å². The molecule has 0 bridgehead atoms. The Morgan fingerprint density at radius 1 is 0.292 bits per heavy atom. The maximum Gasteiger partial charge on any atom is 0.306 e. The van der Waals surface area contributed by atoms with Gasteiger partial charge in [-0.25, -0.2) is 0 Å². The van der Waals surface area contributed by atoms with E-state index in [1.54, 1.807) is 0 Å². The third kappa shape index (κ3) is 56.7. The van der Waals surface area contributed by atoms with E-state index in [4.69, 9.17) is 14.2 Å². The van der Waals surface area contributed by atoms with Gasteiger partial charge in [-0.05, 0) is 64.2 Å². The molecule has 0 aliphatic rings. The van der Waals surface area contributed by atoms with Crippen molar-refractivity contribution in [2.75, 3.05) is 13.2 Å². The van der Waals surface area contributed by atoms with Gasteiger partial charge in [-0.3, -0.25) is 14.4 Å². The molecule has 0 heterocycles. The van der Waals surface area contributed by atoms with Crippen molar-refractivity contribution in [3.8, 4) is 0 Å². The second-order valence-electron chi connectivity index (χ2n) is 19.4. The summed E-state index contributed by atoms with van der Waals surface area (Å²) in [7, 11) is 0. The number of ether oxygens (including phenoxy) is 3. The van der Waals surface area contributed by atoms with Crippen LogP contribution >= 0.6 is 0 Å². The molecule has 72 heavy (non-hydrogen) atoms. The Bertz CT molecular complexity index is 1520. The summed E-state index contributed by atoms with van der Waals surface area (Å²) in [4.78, 5) is 38.2. The van der Waals surface area contributed by atoms with Gasteiger partial charge in [0.1, 0.15) is 13.2 Å². The van der Waals surface area contributed by atoms with Crippen LogP contribution in [0.4, 0.5) is 0 Å². The molecule has 0 amide bonds. The summed E-state index contributed by atoms with van der Waals surface area (Å²) in [5.74, 6) is -0.969. The van der Waals surface area contributed by atoms with Crippen LogP contribution in [0.25, 0.3) is 0 Å². The number of carbonyl (C=O) groups excluding carboxylic acids is 3. The van der Waals surface area contributed by atoms with E-state index in [2.05, 4.69) is 81.5 Å². The third-order valence-electron chi connectivity index (χ3n) is 12.5. The Hall–Kier alpha value is -4.19. The van der Waals surface area contributed by atoms with Gasteiger partial charge < -0.3 is 14.2 Å². The van der Waals surface area contributed by atoms with Crippen LogP contribution < -0.4 is 0 Å². The number of unbranched alkanes of at least 4 members (excludes halogenated alkanes) is 29. The van der Waals surface area contributed by atoms with Crippen molar-refractivity contribution in [2.24, 2.45) is 0 Å². The molecule has 0 aliphatic heterocycles. The average molecular weight is 998 g/mol. The standard InChI is InChI=1S/C66H108O6/c1-4-7-10-13-16-19-22-25-28-31-33-36-38-41-44-47-50-53-56-59-65(68)71-62-63(61-70-64(67)58-55-52-49-46-43-40-37-34-30-27-24-21-18-15-12-9-6-3)72-66(69)60-57-54-51-48-45-42-39-35-32-29-26-23-20-17-14-11-8-5-2/h9,12,15,17-18,20-21,23-24,26-27,29-30,32,34-35,37,39-40,43,63H,4-8,10-11,13-14,16,19,22,25,28,31,33,36,38,41-42,44-62H2,1-3H3/b12-9-,18-15-,20-17-,24-21-,26-23-,30-27-,32-29-,37-34+,39-35-,43-40-. The summed E-state index contributed by atoms with van der Waals surface area (Å²) in [5.41, 5.74) is 0. The quantitative estimate of drug-likeness (QED) is 0.0261. The first kappa shape index (κ1) is 67.8. The molecule has 0 fully saturated rings. The summed E-state index contributed by atoms with van der Waals surface area (Å²) < 4.78 is 16.8. The number of hydrogen-bond acceptors (Lipinski definition) is 6. The molecule has 0 aliphatic carbocycles. The van der Waals surface area contributed by atoms with Gasteiger partial charge in [-0.15, -0.1) is 0 Å². The van der Waals surface area contributed by atoms with Crippen LogP contribution in [0.3, 0.4) is 0 Å². The highest BCUT2D eigenvalue weighted by molar-refractivity contribution is 5.71. The van der Waals surface area contributed by atoms with E-state index in [9.17, 15) is 14.4 Å². The maximum absolute atomic E-state index is 12.9. The molecular formula is C66H108O6. The molecule has 0 saturated carbocycles. The average Bonchev–Trinajstić information content (AvgIpc) is 3.38. The minimum atomic E-state index is -0.812. The molecule has 408 valence electrons. The van der Waals surface area contributed by atoms with Crippen molar-refractivity contribution < 1.29 is 28.6 Å². The third-order valence-corrected chi connectivity index (χ3v) is 12.5. The molecule has 0 aromatic rings. The summed E-state index contributed by atoms with van der Waals surface area (Å²) in [6, 6.07) is 0. The van der Waals surface area contributed by atoms with Gasteiger partial charge in [0.25, 0.3) is 0 Å². The van der Waals surface area contributed by atoms with Crippen molar-refractivity contribution >= 4 is 17.9 Å². The van der Waals surface area contributed by atoms with Crippen molar-refractivity contribution in [3.63, 3.8) is 0 Å². The Morgan fingerprint density at radius 2 is 0.542 bits per heavy atom. The molecule has 0 spiro atoms. The van der Waals surface area contributed by atoms with Crippen molar-refractivity contribution in [2.45, 2.75) is 264 Å². The summed E-state index contributed by atoms with van der Waals surface area (Å²) in [5, 5.41) is 0. The maximum atomic E-state index is 12.9. The molecule has 1 atom stereocenters. The largest absolute Gasteiger partial charge is 0.462 e. The minimum absolute atomic E-state index is 0.103. The van der Waals surface area contributed by atoms with Gasteiger partial charge in [0.2, 0.25) is 0 Å². The molecule has 0 N–H and O–H groups in total. The zero-order valence-corrected chi connectivity index (χ0v) is 46.7. The predicted octanol–water partition coefficient (Wildman–Crippen LogP) is 20.0. The first-order valence-corrected chi connectivity index (χ1v) is 29.7. The van der Waals surface area contributed by atoms with Crippen LogP contribution in [-0.2, 0) is 28.6 Å². The smallest absolute Gasteiger partial charge is 0.306 e. The highest BCUT2D eigenvalue weighted by Crippen LogP contribution is 2.16. The van der Waals surface area contributed by atoms with Crippen molar-refractivity contribution in [1.29, 1.82) is 0 Å². The molecule has 1 unspecified atom stereocenters. The first-order chi connectivity index (χ1) is 35.5. The highest BCUT2D eigenvalue weighted by atomic mass is 16.6. The van der Waals surface area contributed by atoms with E-state index in [1.165, 1.54) is 122 Å². The minimum Gasteiger partial charge on any atom is -0.462 e. The van der Waals surface area contributed by atoms with E-state index >= 15 is 0 Å². The Balaban J connectivity index is 4.51. The van der Waals surface area contributed by atoms with Gasteiger partial charge in [0, 0.05) is 19.3 Å². The number of rotatable bonds is 52. The van der Waals surface area contributed by atoms with Crippen LogP contribution in [0.2, 0.25) is 0 Å². The van der Waals surface area contributed by atoms with Crippen LogP contribution in [0, 0.1) is 0 Å². The van der Waals surface area contributed by atoms with Gasteiger partial charge >= 0.3 is 17.9 Å². The lowest BCUT2D eigenvalue weighted by atomic mass is 10.0. The lowest BCUT2D eigenvalue weighted by Crippen LogP contribution is -2.30. The molecule has 6 nitrogen and oxygen atoms in total. The lowest BCUT2D eigenvalue weighted by Gasteiger charge is -2.18. The zero-order valence-electron chi connectivity index (χ0n) is 46.7. The van der Waals surface area contributed by atoms with Crippen LogP contribution in [0.1, 0.15) is 258 Å². The van der Waals surface area contributed by atoms with Gasteiger partial charge in [0.05, 0.1) is 0 Å². The SMILES string of the molecule is CC\C=C/C=C\C=C/C=C\C=C\C=C/CCCCCC(=O)OCC(COC(=O)CCCCCCCCCCCCCCCCCCCCC)OC(=O)CCCCCCC\C=C/C=C\C=C/C=C\CCCCC. The Morgan fingerprint density at radius 3 is 0.889 bits per heavy atom. The van der Waals surface area contributed by atoms with E-state index < -0.39 is 6.10 Å². The normalized spacial score (nSPS) is 13.0. The molecule has 0 rings (SSSR count). The van der Waals surface area contributed by atoms with Gasteiger partial charge in [0.15, 0.2) is 6.10 Å². The van der Waals surface area contributed by atoms with E-state index in [0.717, 1.165) is 96.3 Å². The van der Waals surface area contributed by atoms with Crippen molar-refractivity contribution in [3.05, 3.63) is 122 Å². The Kier molecular flexibility index (Phi) is 55.9. The monoisotopic (exact) mass is 997 g/mol. The fourth-order valence-corrected chi connectivity index (χ4v) is 8.02. The predicted molar refractivity (Wildman–Crippen MR) is 311 cm³/mol. The summed E-state index contributed by atoms with van der Waals surface area (Å²) in [6.45, 7) is 6.41. The molecular weight excluding hydrogens is 889 g/mol. The van der Waals surface area contributed by atoms with E-state index in [-0.39, 0.29) is 37.5 Å². The molecule has 0 aromatic carbocycles. The van der Waals surface area contributed by atoms with Crippen LogP contribution in [0.15, 0.2) is 122 Å². The van der Waals surface area contributed by atoms with E-state index in [0.29, 0.717) is 12.8 Å². The molecule has 0 radical (unpaired) electrons. The lowest BCUT2D eigenvalue weighted by molar-refractivity contribution is -0.167. The number of allylic oxidation sites excluding steroid dienone is 20. The fourth-order valence-electron chi connectivity index (χ4n) is 8.02. The van der Waals surface area contributed by atoms with Crippen molar-refractivity contribution in [1.82, 2.24) is 0 Å². The fraction of sp³-hybridized carbons (Fsp3) is 0.652. The molecule has 0 saturated heterocycles. The van der Waals surface area contributed by atoms with Gasteiger partial charge in [-0.1, -0.05) is 296 Å². The second kappa shape index (κ2) is 59.4. The molecule has 6 heteroatoms. The second-order valence-corrected chi connectivity index (χ2v) is 19.4. The number of hydrogen-bond donors (Lipinski definition) is 0.